The number of para-hydroxylation sites is 1. The maximum Gasteiger partial charge on any atom is 0.237 e. The summed E-state index contributed by atoms with van der Waals surface area (Å²) in [6.07, 6.45) is 0. The number of hydrogen-bond donors (Lipinski definition) is 1. The van der Waals surface area contributed by atoms with Crippen LogP contribution in [0.15, 0.2) is 108 Å². The average molecular weight is 565 g/mol. The second-order valence-corrected chi connectivity index (χ2v) is 10.2. The van der Waals surface area contributed by atoms with Crippen LogP contribution in [0.4, 0.5) is 5.69 Å². The van der Waals surface area contributed by atoms with Crippen molar-refractivity contribution in [1.29, 1.82) is 0 Å². The lowest BCUT2D eigenvalue weighted by atomic mass is 10.0. The summed E-state index contributed by atoms with van der Waals surface area (Å²) in [6.45, 7) is 1.81. The van der Waals surface area contributed by atoms with Gasteiger partial charge in [0.15, 0.2) is 0 Å². The number of benzene rings is 4. The Bertz CT molecular complexity index is 1600. The standard InChI is InChI=1S/C32H28N4O4S/c1-21(31(37)33-24-13-19-28(20-14-24)40-27-7-5-4-6-8-27)41-32-34-29(22-9-15-25(38-2)16-10-22)30(35-36-32)23-11-17-26(39-3)18-12-23/h4-21H,1-3H3,(H,33,37). The maximum atomic E-state index is 13.0. The summed E-state index contributed by atoms with van der Waals surface area (Å²) < 4.78 is 16.4. The van der Waals surface area contributed by atoms with Crippen LogP contribution in [0, 0.1) is 0 Å². The molecule has 1 heterocycles. The first kappa shape index (κ1) is 27.7. The largest absolute Gasteiger partial charge is 0.497 e. The van der Waals surface area contributed by atoms with Crippen molar-refractivity contribution in [1.82, 2.24) is 15.2 Å². The topological polar surface area (TPSA) is 95.5 Å². The molecule has 0 saturated carbocycles. The number of hydrogen-bond acceptors (Lipinski definition) is 8. The Morgan fingerprint density at radius 3 is 1.80 bits per heavy atom. The zero-order chi connectivity index (χ0) is 28.6. The summed E-state index contributed by atoms with van der Waals surface area (Å²) in [7, 11) is 3.25. The number of thioether (sulfide) groups is 1. The minimum absolute atomic E-state index is 0.180. The van der Waals surface area contributed by atoms with Crippen LogP contribution < -0.4 is 19.5 Å². The molecule has 1 aromatic heterocycles. The van der Waals surface area contributed by atoms with Gasteiger partial charge in [-0.1, -0.05) is 30.0 Å². The zero-order valence-corrected chi connectivity index (χ0v) is 23.6. The number of amides is 1. The first-order valence-electron chi connectivity index (χ1n) is 12.9. The molecule has 9 heteroatoms. The molecule has 1 N–H and O–H groups in total. The fraction of sp³-hybridized carbons (Fsp3) is 0.125. The van der Waals surface area contributed by atoms with E-state index in [0.717, 1.165) is 28.4 Å². The summed E-state index contributed by atoms with van der Waals surface area (Å²) in [5.74, 6) is 2.72. The monoisotopic (exact) mass is 564 g/mol. The number of anilines is 1. The summed E-state index contributed by atoms with van der Waals surface area (Å²) in [6, 6.07) is 31.9. The van der Waals surface area contributed by atoms with Gasteiger partial charge in [-0.3, -0.25) is 4.79 Å². The van der Waals surface area contributed by atoms with Crippen molar-refractivity contribution in [3.05, 3.63) is 103 Å². The first-order chi connectivity index (χ1) is 20.0. The Labute approximate surface area is 242 Å². The SMILES string of the molecule is COc1ccc(-c2nnc(SC(C)C(=O)Nc3ccc(Oc4ccccc4)cc3)nc2-c2ccc(OC)cc2)cc1. The zero-order valence-electron chi connectivity index (χ0n) is 22.8. The van der Waals surface area contributed by atoms with Crippen molar-refractivity contribution in [3.8, 4) is 45.5 Å². The van der Waals surface area contributed by atoms with E-state index in [4.69, 9.17) is 19.2 Å². The Balaban J connectivity index is 1.32. The molecule has 0 aliphatic carbocycles. The summed E-state index contributed by atoms with van der Waals surface area (Å²) in [4.78, 5) is 17.8. The summed E-state index contributed by atoms with van der Waals surface area (Å²) >= 11 is 1.24. The second kappa shape index (κ2) is 13.0. The molecule has 8 nitrogen and oxygen atoms in total. The number of carbonyl (C=O) groups excluding carboxylic acids is 1. The van der Waals surface area contributed by atoms with Gasteiger partial charge in [0.05, 0.1) is 19.5 Å². The predicted molar refractivity (Wildman–Crippen MR) is 161 cm³/mol. The number of nitrogens with zero attached hydrogens (tertiary/aromatic N) is 3. The fourth-order valence-electron chi connectivity index (χ4n) is 3.94. The molecule has 206 valence electrons. The van der Waals surface area contributed by atoms with E-state index >= 15 is 0 Å². The molecule has 1 unspecified atom stereocenters. The van der Waals surface area contributed by atoms with Crippen molar-refractivity contribution in [2.45, 2.75) is 17.3 Å². The lowest BCUT2D eigenvalue weighted by Gasteiger charge is -2.14. The van der Waals surface area contributed by atoms with Crippen LogP contribution in [0.2, 0.25) is 0 Å². The maximum absolute atomic E-state index is 13.0. The molecular weight excluding hydrogens is 536 g/mol. The van der Waals surface area contributed by atoms with Crippen molar-refractivity contribution in [2.24, 2.45) is 0 Å². The molecule has 4 aromatic carbocycles. The van der Waals surface area contributed by atoms with Crippen LogP contribution >= 0.6 is 11.8 Å². The van der Waals surface area contributed by atoms with Gasteiger partial charge in [0, 0.05) is 16.8 Å². The van der Waals surface area contributed by atoms with Crippen molar-refractivity contribution >= 4 is 23.4 Å². The molecule has 1 atom stereocenters. The number of nitrogens with one attached hydrogen (secondary N) is 1. The molecule has 1 amide bonds. The average Bonchev–Trinajstić information content (AvgIpc) is 3.02. The lowest BCUT2D eigenvalue weighted by molar-refractivity contribution is -0.115. The normalized spacial score (nSPS) is 11.4. The highest BCUT2D eigenvalue weighted by Gasteiger charge is 2.20. The molecular formula is C32H28N4O4S. The van der Waals surface area contributed by atoms with Crippen molar-refractivity contribution in [2.75, 3.05) is 19.5 Å². The van der Waals surface area contributed by atoms with Gasteiger partial charge in [-0.05, 0) is 91.9 Å². The second-order valence-electron chi connectivity index (χ2n) is 8.94. The smallest absolute Gasteiger partial charge is 0.237 e. The Kier molecular flexibility index (Phi) is 8.76. The quantitative estimate of drug-likeness (QED) is 0.179. The number of ether oxygens (including phenoxy) is 3. The molecule has 41 heavy (non-hydrogen) atoms. The molecule has 5 rings (SSSR count). The minimum Gasteiger partial charge on any atom is -0.497 e. The van der Waals surface area contributed by atoms with Gasteiger partial charge in [0.1, 0.15) is 34.4 Å². The van der Waals surface area contributed by atoms with E-state index in [1.54, 1.807) is 33.3 Å². The number of rotatable bonds is 10. The van der Waals surface area contributed by atoms with Gasteiger partial charge in [-0.25, -0.2) is 4.98 Å². The third kappa shape index (κ3) is 7.01. The van der Waals surface area contributed by atoms with Crippen LogP contribution in [-0.4, -0.2) is 40.6 Å². The van der Waals surface area contributed by atoms with Crippen LogP contribution in [0.3, 0.4) is 0 Å². The van der Waals surface area contributed by atoms with E-state index in [1.807, 2.05) is 91.0 Å². The third-order valence-electron chi connectivity index (χ3n) is 6.15. The van der Waals surface area contributed by atoms with Crippen LogP contribution in [-0.2, 0) is 4.79 Å². The van der Waals surface area contributed by atoms with Crippen LogP contribution in [0.1, 0.15) is 6.92 Å². The molecule has 0 aliphatic heterocycles. The lowest BCUT2D eigenvalue weighted by Crippen LogP contribution is -2.22. The molecule has 0 spiro atoms. The van der Waals surface area contributed by atoms with Gasteiger partial charge < -0.3 is 19.5 Å². The van der Waals surface area contributed by atoms with E-state index in [-0.39, 0.29) is 5.91 Å². The van der Waals surface area contributed by atoms with Crippen LogP contribution in [0.5, 0.6) is 23.0 Å². The fourth-order valence-corrected chi connectivity index (χ4v) is 4.66. The molecule has 0 aliphatic rings. The van der Waals surface area contributed by atoms with Crippen LogP contribution in [0.25, 0.3) is 22.5 Å². The highest BCUT2D eigenvalue weighted by molar-refractivity contribution is 8.00. The van der Waals surface area contributed by atoms with E-state index in [0.29, 0.717) is 28.0 Å². The van der Waals surface area contributed by atoms with Crippen molar-refractivity contribution in [3.63, 3.8) is 0 Å². The van der Waals surface area contributed by atoms with Gasteiger partial charge in [0.25, 0.3) is 0 Å². The Morgan fingerprint density at radius 2 is 1.22 bits per heavy atom. The molecule has 0 radical (unpaired) electrons. The third-order valence-corrected chi connectivity index (χ3v) is 7.10. The number of carbonyl (C=O) groups is 1. The Morgan fingerprint density at radius 1 is 0.683 bits per heavy atom. The van der Waals surface area contributed by atoms with E-state index in [9.17, 15) is 4.79 Å². The Hall–Kier alpha value is -4.89. The number of methoxy groups -OCH3 is 2. The predicted octanol–water partition coefficient (Wildman–Crippen LogP) is 7.13. The van der Waals surface area contributed by atoms with Gasteiger partial charge >= 0.3 is 0 Å². The molecule has 5 aromatic rings. The van der Waals surface area contributed by atoms with E-state index in [1.165, 1.54) is 11.8 Å². The van der Waals surface area contributed by atoms with Crippen molar-refractivity contribution < 1.29 is 19.0 Å². The number of aromatic nitrogens is 3. The molecule has 0 fully saturated rings. The minimum atomic E-state index is -0.479. The highest BCUT2D eigenvalue weighted by atomic mass is 32.2. The van der Waals surface area contributed by atoms with E-state index < -0.39 is 5.25 Å². The summed E-state index contributed by atoms with van der Waals surface area (Å²) in [5, 5.41) is 11.7. The molecule has 0 saturated heterocycles. The van der Waals surface area contributed by atoms with E-state index in [2.05, 4.69) is 15.5 Å². The highest BCUT2D eigenvalue weighted by Crippen LogP contribution is 2.33. The molecule has 0 bridgehead atoms. The van der Waals surface area contributed by atoms with Gasteiger partial charge in [-0.2, -0.15) is 0 Å². The van der Waals surface area contributed by atoms with Gasteiger partial charge in [-0.15, -0.1) is 10.2 Å². The summed E-state index contributed by atoms with van der Waals surface area (Å²) in [5.41, 5.74) is 3.63. The van der Waals surface area contributed by atoms with Gasteiger partial charge in [0.2, 0.25) is 11.1 Å². The first-order valence-corrected chi connectivity index (χ1v) is 13.7.